The van der Waals surface area contributed by atoms with E-state index in [1.807, 2.05) is 6.20 Å². The molecule has 7 rings (SSSR count). The van der Waals surface area contributed by atoms with Crippen molar-refractivity contribution in [3.05, 3.63) is 53.7 Å². The van der Waals surface area contributed by atoms with Gasteiger partial charge in [0.2, 0.25) is 0 Å². The number of hydrogen-bond donors (Lipinski definition) is 2. The second-order valence-electron chi connectivity index (χ2n) is 11.5. The Balaban J connectivity index is 1.17. The van der Waals surface area contributed by atoms with E-state index in [0.717, 1.165) is 51.9 Å². The van der Waals surface area contributed by atoms with Crippen molar-refractivity contribution in [2.45, 2.75) is 42.7 Å². The van der Waals surface area contributed by atoms with Crippen LogP contribution in [0.25, 0.3) is 33.2 Å². The van der Waals surface area contributed by atoms with E-state index in [-0.39, 0.29) is 32.7 Å². The Labute approximate surface area is 258 Å². The summed E-state index contributed by atoms with van der Waals surface area (Å²) in [5.41, 5.74) is 8.13. The minimum Gasteiger partial charge on any atom is -0.383 e. The highest BCUT2D eigenvalue weighted by molar-refractivity contribution is 7.93. The molecule has 3 N–H and O–H groups in total. The van der Waals surface area contributed by atoms with Crippen molar-refractivity contribution in [2.75, 3.05) is 43.7 Å². The number of nitrogens with two attached hydrogens (primary N) is 1. The van der Waals surface area contributed by atoms with Crippen molar-refractivity contribution in [1.82, 2.24) is 34.6 Å². The lowest BCUT2D eigenvalue weighted by Gasteiger charge is -2.41. The Morgan fingerprint density at radius 2 is 1.77 bits per heavy atom. The zero-order valence-corrected chi connectivity index (χ0v) is 25.5. The van der Waals surface area contributed by atoms with Crippen molar-refractivity contribution in [2.24, 2.45) is 0 Å². The molecule has 0 atom stereocenters. The van der Waals surface area contributed by atoms with Crippen LogP contribution in [0.4, 0.5) is 15.9 Å². The van der Waals surface area contributed by atoms with Gasteiger partial charge in [-0.3, -0.25) is 9.62 Å². The lowest BCUT2D eigenvalue weighted by atomic mass is 9.89. The molecule has 2 fully saturated rings. The SMILES string of the molecule is CN1CCN(C2CCC(n3cc(-c4ccc(NS(=O)(=O)c5c(Cl)ccc6nonc56)c(F)c4)c4c(N)ncnc43)CC2)CC1. The van der Waals surface area contributed by atoms with Gasteiger partial charge in [-0.15, -0.1) is 0 Å². The van der Waals surface area contributed by atoms with Gasteiger partial charge in [-0.05, 0) is 72.9 Å². The predicted molar refractivity (Wildman–Crippen MR) is 165 cm³/mol. The first-order chi connectivity index (χ1) is 21.2. The molecule has 4 heterocycles. The van der Waals surface area contributed by atoms with Gasteiger partial charge in [-0.25, -0.2) is 27.4 Å². The molecular formula is C29H31ClFN9O3S. The quantitative estimate of drug-likeness (QED) is 0.271. The number of sulfonamides is 1. The minimum absolute atomic E-state index is 0.0529. The summed E-state index contributed by atoms with van der Waals surface area (Å²) < 4.78 is 51.2. The van der Waals surface area contributed by atoms with Gasteiger partial charge >= 0.3 is 0 Å². The minimum atomic E-state index is -4.34. The molecule has 0 radical (unpaired) electrons. The summed E-state index contributed by atoms with van der Waals surface area (Å²) in [5.74, 6) is -0.485. The molecule has 0 amide bonds. The third kappa shape index (κ3) is 5.15. The van der Waals surface area contributed by atoms with Crippen LogP contribution < -0.4 is 10.5 Å². The summed E-state index contributed by atoms with van der Waals surface area (Å²) in [7, 11) is -2.17. The van der Waals surface area contributed by atoms with E-state index in [1.165, 1.54) is 30.6 Å². The number of nitrogen functional groups attached to an aromatic ring is 1. The van der Waals surface area contributed by atoms with Gasteiger partial charge in [-0.2, -0.15) is 0 Å². The summed E-state index contributed by atoms with van der Waals surface area (Å²) in [5, 5.41) is 7.86. The van der Waals surface area contributed by atoms with Crippen molar-refractivity contribution in [1.29, 1.82) is 0 Å². The maximum Gasteiger partial charge on any atom is 0.265 e. The van der Waals surface area contributed by atoms with Crippen molar-refractivity contribution in [3.8, 4) is 11.1 Å². The number of hydrogen-bond acceptors (Lipinski definition) is 10. The first kappa shape index (κ1) is 28.9. The molecule has 1 aliphatic carbocycles. The number of halogens is 2. The predicted octanol–water partition coefficient (Wildman–Crippen LogP) is 4.54. The van der Waals surface area contributed by atoms with Crippen LogP contribution in [-0.2, 0) is 10.0 Å². The van der Waals surface area contributed by atoms with Crippen molar-refractivity contribution >= 4 is 55.2 Å². The standard InChI is InChI=1S/C29H31ClFN9O3S/c1-38-10-12-39(13-11-38)18-3-5-19(6-4-18)40-15-20(25-28(32)33-16-34-29(25)40)17-2-8-23(22(31)14-17)37-44(41,42)27-21(30)7-9-24-26(27)36-43-35-24/h2,7-9,14-16,18-19,37H,3-6,10-13H2,1H3,(H2,32,33,34). The summed E-state index contributed by atoms with van der Waals surface area (Å²) >= 11 is 6.19. The molecule has 3 aromatic heterocycles. The first-order valence-corrected chi connectivity index (χ1v) is 16.3. The summed E-state index contributed by atoms with van der Waals surface area (Å²) in [6.07, 6.45) is 7.59. The Morgan fingerprint density at radius 1 is 1.02 bits per heavy atom. The molecule has 12 nitrogen and oxygen atoms in total. The van der Waals surface area contributed by atoms with E-state index >= 15 is 4.39 Å². The zero-order chi connectivity index (χ0) is 30.6. The number of likely N-dealkylation sites (N-methyl/N-ethyl adjacent to an activating group) is 1. The smallest absolute Gasteiger partial charge is 0.265 e. The molecule has 1 saturated heterocycles. The molecular weight excluding hydrogens is 609 g/mol. The van der Waals surface area contributed by atoms with E-state index in [9.17, 15) is 8.42 Å². The van der Waals surface area contributed by atoms with Gasteiger partial charge in [0, 0.05) is 50.0 Å². The zero-order valence-electron chi connectivity index (χ0n) is 23.9. The lowest BCUT2D eigenvalue weighted by molar-refractivity contribution is 0.0828. The maximum atomic E-state index is 15.6. The van der Waals surface area contributed by atoms with E-state index < -0.39 is 15.8 Å². The summed E-state index contributed by atoms with van der Waals surface area (Å²) in [6.45, 7) is 4.40. The van der Waals surface area contributed by atoms with Crippen LogP contribution in [0.1, 0.15) is 31.7 Å². The Kier molecular flexibility index (Phi) is 7.39. The molecule has 1 saturated carbocycles. The highest BCUT2D eigenvalue weighted by Crippen LogP contribution is 2.40. The number of rotatable bonds is 6. The first-order valence-electron chi connectivity index (χ1n) is 14.5. The average molecular weight is 640 g/mol. The molecule has 1 aliphatic heterocycles. The van der Waals surface area contributed by atoms with Gasteiger partial charge in [-0.1, -0.05) is 17.7 Å². The van der Waals surface area contributed by atoms with E-state index in [1.54, 1.807) is 6.07 Å². The number of nitrogens with one attached hydrogen (secondary N) is 1. The second kappa shape index (κ2) is 11.3. The largest absolute Gasteiger partial charge is 0.383 e. The van der Waals surface area contributed by atoms with E-state index in [2.05, 4.69) is 51.0 Å². The molecule has 44 heavy (non-hydrogen) atoms. The fraction of sp³-hybridized carbons (Fsp3) is 0.379. The number of piperazine rings is 1. The van der Waals surface area contributed by atoms with Crippen LogP contribution in [0.3, 0.4) is 0 Å². The van der Waals surface area contributed by atoms with Gasteiger partial charge in [0.05, 0.1) is 16.1 Å². The lowest BCUT2D eigenvalue weighted by Crippen LogP contribution is -2.49. The molecule has 0 unspecified atom stereocenters. The van der Waals surface area contributed by atoms with Crippen LogP contribution in [0.5, 0.6) is 0 Å². The third-order valence-electron chi connectivity index (χ3n) is 8.88. The highest BCUT2D eigenvalue weighted by Gasteiger charge is 2.30. The fourth-order valence-electron chi connectivity index (χ4n) is 6.51. The number of aromatic nitrogens is 5. The van der Waals surface area contributed by atoms with Crippen molar-refractivity contribution < 1.29 is 17.4 Å². The maximum absolute atomic E-state index is 15.6. The number of anilines is 2. The van der Waals surface area contributed by atoms with Crippen LogP contribution in [0.15, 0.2) is 52.4 Å². The molecule has 2 aliphatic rings. The van der Waals surface area contributed by atoms with Gasteiger partial charge < -0.3 is 15.2 Å². The van der Waals surface area contributed by atoms with Crippen molar-refractivity contribution in [3.63, 3.8) is 0 Å². The Hall–Kier alpha value is -3.85. The molecule has 15 heteroatoms. The Morgan fingerprint density at radius 3 is 2.52 bits per heavy atom. The van der Waals surface area contributed by atoms with Gasteiger partial charge in [0.1, 0.15) is 34.0 Å². The van der Waals surface area contributed by atoms with E-state index in [4.69, 9.17) is 17.3 Å². The van der Waals surface area contributed by atoms with Gasteiger partial charge in [0.15, 0.2) is 5.52 Å². The van der Waals surface area contributed by atoms with E-state index in [0.29, 0.717) is 34.0 Å². The monoisotopic (exact) mass is 639 g/mol. The number of benzene rings is 2. The summed E-state index contributed by atoms with van der Waals surface area (Å²) in [6, 6.07) is 7.91. The summed E-state index contributed by atoms with van der Waals surface area (Å²) in [4.78, 5) is 13.4. The van der Waals surface area contributed by atoms with Crippen LogP contribution in [0, 0.1) is 5.82 Å². The number of fused-ring (bicyclic) bond motifs is 2. The van der Waals surface area contributed by atoms with Gasteiger partial charge in [0.25, 0.3) is 10.0 Å². The fourth-order valence-corrected chi connectivity index (χ4v) is 8.25. The topological polar surface area (TPSA) is 148 Å². The normalized spacial score (nSPS) is 20.4. The molecule has 0 bridgehead atoms. The molecule has 230 valence electrons. The second-order valence-corrected chi connectivity index (χ2v) is 13.5. The van der Waals surface area contributed by atoms with Crippen LogP contribution >= 0.6 is 11.6 Å². The average Bonchev–Trinajstić information content (AvgIpc) is 3.64. The molecule has 0 spiro atoms. The molecule has 5 aromatic rings. The molecule has 2 aromatic carbocycles. The van der Waals surface area contributed by atoms with Crippen LogP contribution in [0.2, 0.25) is 5.02 Å². The number of nitrogens with zero attached hydrogens (tertiary/aromatic N) is 7. The Bertz CT molecular complexity index is 1970. The third-order valence-corrected chi connectivity index (χ3v) is 10.7. The highest BCUT2D eigenvalue weighted by atomic mass is 35.5. The van der Waals surface area contributed by atoms with Crippen LogP contribution in [-0.4, -0.2) is 82.3 Å².